The van der Waals surface area contributed by atoms with E-state index in [-0.39, 0.29) is 0 Å². The van der Waals surface area contributed by atoms with E-state index in [1.165, 1.54) is 0 Å². The summed E-state index contributed by atoms with van der Waals surface area (Å²) in [7, 11) is 0. The Morgan fingerprint density at radius 3 is 1.26 bits per heavy atom. The molecular weight excluding hydrogens is 905 g/mol. The van der Waals surface area contributed by atoms with Crippen molar-refractivity contribution in [3.8, 4) is 91.1 Å². The molecule has 0 radical (unpaired) electrons. The molecule has 0 saturated heterocycles. The Hall–Kier alpha value is -10.7. The highest BCUT2D eigenvalue weighted by Crippen LogP contribution is 2.42. The van der Waals surface area contributed by atoms with Crippen LogP contribution in [0.2, 0.25) is 0 Å². The lowest BCUT2D eigenvalue weighted by Gasteiger charge is -2.18. The van der Waals surface area contributed by atoms with Crippen LogP contribution in [0.3, 0.4) is 0 Å². The number of para-hydroxylation sites is 4. The van der Waals surface area contributed by atoms with Crippen molar-refractivity contribution in [2.45, 2.75) is 0 Å². The van der Waals surface area contributed by atoms with Gasteiger partial charge in [0.2, 0.25) is 0 Å². The Labute approximate surface area is 426 Å². The molecule has 8 heteroatoms. The lowest BCUT2D eigenvalue weighted by atomic mass is 9.94. The summed E-state index contributed by atoms with van der Waals surface area (Å²) < 4.78 is 4.56. The normalized spacial score (nSPS) is 11.2. The van der Waals surface area contributed by atoms with E-state index in [4.69, 9.17) is 21.5 Å². The highest BCUT2D eigenvalue weighted by Gasteiger charge is 2.23. The fraction of sp³-hybridized carbons (Fsp3) is 0. The van der Waals surface area contributed by atoms with Crippen LogP contribution in [0.25, 0.3) is 127 Å². The number of nitriles is 2. The standard InChI is InChI=1S/C66H38N8/c1-69-46-20-15-19-44(37-46)59-39-48(74-62-30-12-8-25-53(62)54-26-9-13-31-63(54)74)33-35-57(59)66-71-64(55-27-5-4-22-50(55)49-21-3-2-17-45(49)41-68)70-65(72-66)56-34-32-47(38-58(56)43-18-14-16-42(36-43)40-67)73-60-28-10-6-23-51(60)52-24-7-11-29-61(52)73/h2-39H. The van der Waals surface area contributed by atoms with Crippen LogP contribution in [0.15, 0.2) is 231 Å². The summed E-state index contributed by atoms with van der Waals surface area (Å²) in [6.07, 6.45) is 0. The van der Waals surface area contributed by atoms with E-state index < -0.39 is 0 Å². The summed E-state index contributed by atoms with van der Waals surface area (Å²) in [6, 6.07) is 81.9. The molecule has 0 bridgehead atoms. The Morgan fingerprint density at radius 1 is 0.351 bits per heavy atom. The van der Waals surface area contributed by atoms with Gasteiger partial charge in [-0.15, -0.1) is 0 Å². The maximum Gasteiger partial charge on any atom is 0.187 e. The largest absolute Gasteiger partial charge is 0.309 e. The molecule has 10 aromatic carbocycles. The molecule has 0 amide bonds. The molecule has 0 aliphatic carbocycles. The zero-order valence-corrected chi connectivity index (χ0v) is 39.5. The first-order chi connectivity index (χ1) is 36.6. The van der Waals surface area contributed by atoms with Crippen molar-refractivity contribution in [1.82, 2.24) is 24.1 Å². The molecular formula is C66H38N8. The van der Waals surface area contributed by atoms with Crippen LogP contribution in [0, 0.1) is 29.2 Å². The first-order valence-electron chi connectivity index (χ1n) is 24.2. The predicted molar refractivity (Wildman–Crippen MR) is 297 cm³/mol. The lowest BCUT2D eigenvalue weighted by molar-refractivity contribution is 1.07. The van der Waals surface area contributed by atoms with Gasteiger partial charge in [0.1, 0.15) is 0 Å². The quantitative estimate of drug-likeness (QED) is 0.141. The third kappa shape index (κ3) is 7.25. The van der Waals surface area contributed by atoms with Gasteiger partial charge in [-0.2, -0.15) is 10.5 Å². The van der Waals surface area contributed by atoms with E-state index in [1.807, 2.05) is 97.1 Å². The van der Waals surface area contributed by atoms with Crippen LogP contribution in [0.1, 0.15) is 11.1 Å². The smallest absolute Gasteiger partial charge is 0.187 e. The molecule has 0 fully saturated rings. The van der Waals surface area contributed by atoms with E-state index >= 15 is 0 Å². The summed E-state index contributed by atoms with van der Waals surface area (Å²) in [5.74, 6) is 1.23. The highest BCUT2D eigenvalue weighted by atomic mass is 15.0. The molecule has 0 aliphatic heterocycles. The molecule has 13 rings (SSSR count). The number of rotatable bonds is 8. The van der Waals surface area contributed by atoms with Crippen LogP contribution in [-0.2, 0) is 0 Å². The summed E-state index contributed by atoms with van der Waals surface area (Å²) in [5.41, 5.74) is 14.7. The molecule has 0 aliphatic rings. The molecule has 0 N–H and O–H groups in total. The van der Waals surface area contributed by atoms with Crippen LogP contribution in [0.4, 0.5) is 5.69 Å². The van der Waals surface area contributed by atoms with Crippen LogP contribution < -0.4 is 0 Å². The summed E-state index contributed by atoms with van der Waals surface area (Å²) in [6.45, 7) is 8.03. The maximum atomic E-state index is 10.4. The van der Waals surface area contributed by atoms with Crippen molar-refractivity contribution in [2.24, 2.45) is 0 Å². The zero-order chi connectivity index (χ0) is 49.7. The zero-order valence-electron chi connectivity index (χ0n) is 39.5. The van der Waals surface area contributed by atoms with Gasteiger partial charge in [-0.25, -0.2) is 19.8 Å². The first kappa shape index (κ1) is 43.3. The molecule has 342 valence electrons. The number of nitrogens with zero attached hydrogens (tertiary/aromatic N) is 8. The van der Waals surface area contributed by atoms with Crippen molar-refractivity contribution in [2.75, 3.05) is 0 Å². The van der Waals surface area contributed by atoms with Crippen LogP contribution >= 0.6 is 0 Å². The highest BCUT2D eigenvalue weighted by molar-refractivity contribution is 6.10. The van der Waals surface area contributed by atoms with Gasteiger partial charge < -0.3 is 9.13 Å². The van der Waals surface area contributed by atoms with Crippen molar-refractivity contribution in [3.05, 3.63) is 253 Å². The molecule has 0 atom stereocenters. The van der Waals surface area contributed by atoms with Gasteiger partial charge in [0.25, 0.3) is 0 Å². The molecule has 0 spiro atoms. The maximum absolute atomic E-state index is 10.4. The second-order valence-corrected chi connectivity index (χ2v) is 18.1. The van der Waals surface area contributed by atoms with E-state index in [2.05, 4.69) is 160 Å². The van der Waals surface area contributed by atoms with Gasteiger partial charge in [-0.05, 0) is 113 Å². The monoisotopic (exact) mass is 942 g/mol. The molecule has 3 aromatic heterocycles. The lowest BCUT2D eigenvalue weighted by Crippen LogP contribution is -2.04. The minimum atomic E-state index is 0.406. The fourth-order valence-corrected chi connectivity index (χ4v) is 10.6. The third-order valence-electron chi connectivity index (χ3n) is 13.9. The van der Waals surface area contributed by atoms with Crippen molar-refractivity contribution in [1.29, 1.82) is 10.5 Å². The molecule has 3 heterocycles. The summed E-state index contributed by atoms with van der Waals surface area (Å²) >= 11 is 0. The Bertz CT molecular complexity index is 4210. The molecule has 8 nitrogen and oxygen atoms in total. The summed E-state index contributed by atoms with van der Waals surface area (Å²) in [5, 5.41) is 25.2. The van der Waals surface area contributed by atoms with Crippen molar-refractivity contribution >= 4 is 49.3 Å². The van der Waals surface area contributed by atoms with Gasteiger partial charge in [0.15, 0.2) is 23.2 Å². The molecule has 0 unspecified atom stereocenters. The minimum Gasteiger partial charge on any atom is -0.309 e. The SMILES string of the molecule is [C-]#[N+]c1cccc(-c2cc(-n3c4ccccc4c4ccccc43)ccc2-c2nc(-c3ccc(-n4c5ccccc5c5ccccc54)cc3-c3cccc(C#N)c3)nc(-c3ccccc3-c3ccccc3C#N)n2)c1. The van der Waals surface area contributed by atoms with Crippen LogP contribution in [0.5, 0.6) is 0 Å². The average molecular weight is 943 g/mol. The average Bonchev–Trinajstić information content (AvgIpc) is 4.03. The Morgan fingerprint density at radius 2 is 0.770 bits per heavy atom. The molecule has 0 saturated carbocycles. The van der Waals surface area contributed by atoms with E-state index in [1.54, 1.807) is 0 Å². The van der Waals surface area contributed by atoms with E-state index in [0.717, 1.165) is 99.5 Å². The molecule has 74 heavy (non-hydrogen) atoms. The van der Waals surface area contributed by atoms with Crippen LogP contribution in [-0.4, -0.2) is 24.1 Å². The third-order valence-corrected chi connectivity index (χ3v) is 13.9. The predicted octanol–water partition coefficient (Wildman–Crippen LogP) is 16.4. The van der Waals surface area contributed by atoms with Crippen molar-refractivity contribution < 1.29 is 0 Å². The minimum absolute atomic E-state index is 0.406. The van der Waals surface area contributed by atoms with E-state index in [0.29, 0.717) is 39.9 Å². The number of hydrogen-bond acceptors (Lipinski definition) is 5. The first-order valence-corrected chi connectivity index (χ1v) is 24.2. The topological polar surface area (TPSA) is 100 Å². The van der Waals surface area contributed by atoms with E-state index in [9.17, 15) is 10.5 Å². The number of hydrogen-bond donors (Lipinski definition) is 0. The number of benzene rings is 10. The van der Waals surface area contributed by atoms with Gasteiger partial charge in [-0.3, -0.25) is 0 Å². The number of fused-ring (bicyclic) bond motifs is 6. The number of aromatic nitrogens is 5. The molecule has 13 aromatic rings. The van der Waals surface area contributed by atoms with Gasteiger partial charge in [0.05, 0.1) is 51.9 Å². The second-order valence-electron chi connectivity index (χ2n) is 18.1. The van der Waals surface area contributed by atoms with Gasteiger partial charge >= 0.3 is 0 Å². The van der Waals surface area contributed by atoms with Gasteiger partial charge in [-0.1, -0.05) is 146 Å². The Balaban J connectivity index is 1.10. The summed E-state index contributed by atoms with van der Waals surface area (Å²) in [4.78, 5) is 20.1. The second kappa shape index (κ2) is 17.9. The van der Waals surface area contributed by atoms with Crippen molar-refractivity contribution in [3.63, 3.8) is 0 Å². The van der Waals surface area contributed by atoms with Gasteiger partial charge in [0, 0.05) is 55.2 Å². The Kier molecular flexibility index (Phi) is 10.5. The fourth-order valence-electron chi connectivity index (χ4n) is 10.6.